The number of carbonyl (C=O) groups is 2. The molecule has 9 nitrogen and oxygen atoms in total. The second kappa shape index (κ2) is 8.59. The molecule has 2 fully saturated rings. The Morgan fingerprint density at radius 1 is 1.37 bits per heavy atom. The van der Waals surface area contributed by atoms with Gasteiger partial charge in [0, 0.05) is 38.3 Å². The minimum absolute atomic E-state index is 0. The van der Waals surface area contributed by atoms with Crippen LogP contribution in [0.1, 0.15) is 29.2 Å². The van der Waals surface area contributed by atoms with E-state index in [1.807, 2.05) is 0 Å². The molecule has 0 aliphatic carbocycles. The summed E-state index contributed by atoms with van der Waals surface area (Å²) in [4.78, 5) is 25.4. The molecule has 1 atom stereocenters. The van der Waals surface area contributed by atoms with Crippen molar-refractivity contribution in [2.75, 3.05) is 39.8 Å². The molecule has 1 aromatic heterocycles. The summed E-state index contributed by atoms with van der Waals surface area (Å²) < 4.78 is 37.3. The quantitative estimate of drug-likeness (QED) is 0.700. The Morgan fingerprint density at radius 2 is 2.11 bits per heavy atom. The highest BCUT2D eigenvalue weighted by atomic mass is 35.5. The molecule has 0 bridgehead atoms. The van der Waals surface area contributed by atoms with Crippen LogP contribution in [0.15, 0.2) is 15.4 Å². The van der Waals surface area contributed by atoms with Gasteiger partial charge in [-0.05, 0) is 19.8 Å². The maximum atomic E-state index is 13.0. The average molecular weight is 422 g/mol. The summed E-state index contributed by atoms with van der Waals surface area (Å²) in [6, 6.07) is 1.07. The van der Waals surface area contributed by atoms with Crippen molar-refractivity contribution in [2.45, 2.75) is 30.7 Å². The minimum atomic E-state index is -3.82. The SMILES string of the molecule is COC(=O)c1cc(S(=O)(=O)N2CCCC(N3CCNCC3=O)C2)c(C)o1.Cl. The smallest absolute Gasteiger partial charge is 0.373 e. The monoisotopic (exact) mass is 421 g/mol. The number of rotatable bonds is 4. The van der Waals surface area contributed by atoms with Crippen molar-refractivity contribution in [3.8, 4) is 0 Å². The van der Waals surface area contributed by atoms with Gasteiger partial charge in [-0.25, -0.2) is 13.2 Å². The zero-order chi connectivity index (χ0) is 18.9. The molecule has 0 spiro atoms. The first kappa shape index (κ1) is 21.7. The molecule has 152 valence electrons. The van der Waals surface area contributed by atoms with E-state index in [-0.39, 0.29) is 53.9 Å². The van der Waals surface area contributed by atoms with Crippen molar-refractivity contribution in [1.82, 2.24) is 14.5 Å². The van der Waals surface area contributed by atoms with E-state index in [2.05, 4.69) is 10.1 Å². The molecule has 1 unspecified atom stereocenters. The van der Waals surface area contributed by atoms with Gasteiger partial charge < -0.3 is 19.4 Å². The predicted molar refractivity (Wildman–Crippen MR) is 98.4 cm³/mol. The van der Waals surface area contributed by atoms with Crippen molar-refractivity contribution >= 4 is 34.3 Å². The van der Waals surface area contributed by atoms with E-state index in [0.717, 1.165) is 6.42 Å². The van der Waals surface area contributed by atoms with E-state index in [4.69, 9.17) is 4.42 Å². The van der Waals surface area contributed by atoms with Crippen LogP contribution >= 0.6 is 12.4 Å². The fraction of sp³-hybridized carbons (Fsp3) is 0.625. The van der Waals surface area contributed by atoms with Gasteiger partial charge in [-0.1, -0.05) is 0 Å². The maximum Gasteiger partial charge on any atom is 0.373 e. The van der Waals surface area contributed by atoms with Gasteiger partial charge in [0.05, 0.1) is 13.7 Å². The van der Waals surface area contributed by atoms with Gasteiger partial charge in [0.25, 0.3) is 0 Å². The number of nitrogens with zero attached hydrogens (tertiary/aromatic N) is 2. The Balaban J connectivity index is 0.00000261. The van der Waals surface area contributed by atoms with E-state index < -0.39 is 16.0 Å². The third-order valence-corrected chi connectivity index (χ3v) is 6.78. The fourth-order valence-electron chi connectivity index (χ4n) is 3.46. The van der Waals surface area contributed by atoms with Gasteiger partial charge in [0.1, 0.15) is 10.7 Å². The van der Waals surface area contributed by atoms with E-state index in [9.17, 15) is 18.0 Å². The molecule has 0 saturated carbocycles. The standard InChI is InChI=1S/C16H23N3O6S.ClH/c1-11-14(8-13(25-11)16(21)24-2)26(22,23)18-6-3-4-12(10-18)19-7-5-17-9-15(19)20;/h8,12,17H,3-7,9-10H2,1-2H3;1H. The lowest BCUT2D eigenvalue weighted by atomic mass is 10.1. The summed E-state index contributed by atoms with van der Waals surface area (Å²) in [5.41, 5.74) is 0. The first-order valence-electron chi connectivity index (χ1n) is 8.53. The number of esters is 1. The Hall–Kier alpha value is -1.62. The number of aryl methyl sites for hydroxylation is 1. The molecule has 1 amide bonds. The van der Waals surface area contributed by atoms with E-state index in [1.54, 1.807) is 4.90 Å². The average Bonchev–Trinajstić information content (AvgIpc) is 3.04. The van der Waals surface area contributed by atoms with E-state index in [0.29, 0.717) is 26.1 Å². The molecule has 1 N–H and O–H groups in total. The first-order chi connectivity index (χ1) is 12.3. The first-order valence-corrected chi connectivity index (χ1v) is 9.97. The van der Waals surface area contributed by atoms with Gasteiger partial charge in [-0.3, -0.25) is 4.79 Å². The maximum absolute atomic E-state index is 13.0. The van der Waals surface area contributed by atoms with Crippen molar-refractivity contribution < 1.29 is 27.2 Å². The molecule has 27 heavy (non-hydrogen) atoms. The number of hydrogen-bond donors (Lipinski definition) is 1. The van der Waals surface area contributed by atoms with Crippen LogP contribution in [0.4, 0.5) is 0 Å². The van der Waals surface area contributed by atoms with Crippen LogP contribution in [-0.4, -0.2) is 75.4 Å². The summed E-state index contributed by atoms with van der Waals surface area (Å²) in [6.07, 6.45) is 1.44. The third-order valence-electron chi connectivity index (χ3n) is 4.80. The molecular weight excluding hydrogens is 398 g/mol. The Bertz CT molecular complexity index is 809. The number of piperazine rings is 1. The molecule has 2 aliphatic heterocycles. The predicted octanol–water partition coefficient (Wildman–Crippen LogP) is 0.381. The largest absolute Gasteiger partial charge is 0.463 e. The normalized spacial score (nSPS) is 21.6. The van der Waals surface area contributed by atoms with Crippen LogP contribution in [0.5, 0.6) is 0 Å². The fourth-order valence-corrected chi connectivity index (χ4v) is 5.14. The number of hydrogen-bond acceptors (Lipinski definition) is 7. The van der Waals surface area contributed by atoms with E-state index in [1.165, 1.54) is 24.4 Å². The van der Waals surface area contributed by atoms with Gasteiger partial charge in [0.2, 0.25) is 21.7 Å². The lowest BCUT2D eigenvalue weighted by Gasteiger charge is -2.40. The number of nitrogens with one attached hydrogen (secondary N) is 1. The summed E-state index contributed by atoms with van der Waals surface area (Å²) in [6.45, 7) is 3.68. The number of sulfonamides is 1. The highest BCUT2D eigenvalue weighted by molar-refractivity contribution is 7.89. The number of methoxy groups -OCH3 is 1. The lowest BCUT2D eigenvalue weighted by molar-refractivity contribution is -0.135. The van der Waals surface area contributed by atoms with Crippen LogP contribution in [0.25, 0.3) is 0 Å². The summed E-state index contributed by atoms with van der Waals surface area (Å²) in [5, 5.41) is 3.02. The molecule has 3 rings (SSSR count). The van der Waals surface area contributed by atoms with Crippen molar-refractivity contribution in [1.29, 1.82) is 0 Å². The number of ether oxygens (including phenoxy) is 1. The molecule has 2 saturated heterocycles. The van der Waals surface area contributed by atoms with Gasteiger partial charge >= 0.3 is 5.97 Å². The number of piperidine rings is 1. The van der Waals surface area contributed by atoms with Crippen LogP contribution in [0.3, 0.4) is 0 Å². The number of furan rings is 1. The number of carbonyl (C=O) groups excluding carboxylic acids is 2. The van der Waals surface area contributed by atoms with Gasteiger partial charge in [-0.2, -0.15) is 4.31 Å². The summed E-state index contributed by atoms with van der Waals surface area (Å²) >= 11 is 0. The van der Waals surface area contributed by atoms with Crippen LogP contribution in [0, 0.1) is 6.92 Å². The Kier molecular flexibility index (Phi) is 6.90. The minimum Gasteiger partial charge on any atom is -0.463 e. The second-order valence-corrected chi connectivity index (χ2v) is 8.35. The zero-order valence-corrected chi connectivity index (χ0v) is 16.9. The molecule has 0 aromatic carbocycles. The van der Waals surface area contributed by atoms with Crippen molar-refractivity contribution in [3.63, 3.8) is 0 Å². The van der Waals surface area contributed by atoms with Crippen molar-refractivity contribution in [2.24, 2.45) is 0 Å². The molecular formula is C16H24ClN3O6S. The second-order valence-electron chi connectivity index (χ2n) is 6.45. The van der Waals surface area contributed by atoms with Crippen LogP contribution < -0.4 is 5.32 Å². The Morgan fingerprint density at radius 3 is 2.78 bits per heavy atom. The van der Waals surface area contributed by atoms with Crippen molar-refractivity contribution in [3.05, 3.63) is 17.6 Å². The molecule has 3 heterocycles. The lowest BCUT2D eigenvalue weighted by Crippen LogP contribution is -2.57. The highest BCUT2D eigenvalue weighted by Gasteiger charge is 2.37. The van der Waals surface area contributed by atoms with Crippen LogP contribution in [0.2, 0.25) is 0 Å². The number of amides is 1. The Labute approximate surface area is 164 Å². The number of halogens is 1. The zero-order valence-electron chi connectivity index (χ0n) is 15.3. The summed E-state index contributed by atoms with van der Waals surface area (Å²) in [5.74, 6) is -0.731. The molecule has 1 aromatic rings. The van der Waals surface area contributed by atoms with Crippen LogP contribution in [-0.2, 0) is 19.6 Å². The molecule has 2 aliphatic rings. The van der Waals surface area contributed by atoms with Gasteiger partial charge in [-0.15, -0.1) is 12.4 Å². The molecule has 0 radical (unpaired) electrons. The van der Waals surface area contributed by atoms with Gasteiger partial charge in [0.15, 0.2) is 0 Å². The third kappa shape index (κ3) is 4.29. The highest BCUT2D eigenvalue weighted by Crippen LogP contribution is 2.27. The summed E-state index contributed by atoms with van der Waals surface area (Å²) in [7, 11) is -2.62. The topological polar surface area (TPSA) is 109 Å². The van der Waals surface area contributed by atoms with E-state index >= 15 is 0 Å². The molecule has 11 heteroatoms.